The monoisotopic (exact) mass is 451 g/mol. The summed E-state index contributed by atoms with van der Waals surface area (Å²) in [5.41, 5.74) is 2.05. The molecule has 0 bridgehead atoms. The summed E-state index contributed by atoms with van der Waals surface area (Å²) >= 11 is 0. The van der Waals surface area contributed by atoms with E-state index in [0.29, 0.717) is 17.2 Å². The van der Waals surface area contributed by atoms with E-state index < -0.39 is 11.6 Å². The van der Waals surface area contributed by atoms with Gasteiger partial charge in [0.05, 0.1) is 5.69 Å². The van der Waals surface area contributed by atoms with E-state index >= 15 is 0 Å². The van der Waals surface area contributed by atoms with Gasteiger partial charge in [-0.25, -0.2) is 8.78 Å². The maximum absolute atomic E-state index is 14.0. The molecule has 1 amide bonds. The van der Waals surface area contributed by atoms with Gasteiger partial charge in [0.15, 0.2) is 28.9 Å². The number of carbonyl (C=O) groups excluding carboxylic acids is 2. The molecule has 1 heterocycles. The van der Waals surface area contributed by atoms with Gasteiger partial charge >= 0.3 is 0 Å². The number of hydrogen-bond acceptors (Lipinski definition) is 6. The van der Waals surface area contributed by atoms with Crippen LogP contribution < -0.4 is 15.5 Å². The molecule has 1 saturated carbocycles. The summed E-state index contributed by atoms with van der Waals surface area (Å²) in [6.07, 6.45) is 1.89. The van der Waals surface area contributed by atoms with Gasteiger partial charge in [0.1, 0.15) is 0 Å². The average Bonchev–Trinajstić information content (AvgIpc) is 3.65. The fraction of sp³-hybridized carbons (Fsp3) is 0.250. The predicted molar refractivity (Wildman–Crippen MR) is 122 cm³/mol. The van der Waals surface area contributed by atoms with E-state index in [1.165, 1.54) is 19.1 Å². The normalized spacial score (nSPS) is 12.8. The number of halogens is 2. The Balaban J connectivity index is 1.49. The van der Waals surface area contributed by atoms with Crippen LogP contribution in [0.1, 0.15) is 35.8 Å². The zero-order valence-electron chi connectivity index (χ0n) is 18.2. The van der Waals surface area contributed by atoms with Gasteiger partial charge in [-0.05, 0) is 43.2 Å². The Kier molecular flexibility index (Phi) is 6.30. The largest absolute Gasteiger partial charge is 0.379 e. The second kappa shape index (κ2) is 9.32. The van der Waals surface area contributed by atoms with Crippen LogP contribution in [0.2, 0.25) is 0 Å². The van der Waals surface area contributed by atoms with Crippen LogP contribution in [0.5, 0.6) is 0 Å². The molecule has 1 aliphatic rings. The third kappa shape index (κ3) is 5.14. The van der Waals surface area contributed by atoms with Crippen molar-refractivity contribution >= 4 is 34.6 Å². The molecule has 1 aliphatic carbocycles. The van der Waals surface area contributed by atoms with Gasteiger partial charge in [0.25, 0.3) is 0 Å². The first-order valence-electron chi connectivity index (χ1n) is 10.5. The highest BCUT2D eigenvalue weighted by atomic mass is 19.2. The van der Waals surface area contributed by atoms with Crippen molar-refractivity contribution in [1.82, 2.24) is 10.2 Å². The lowest BCUT2D eigenvalue weighted by Gasteiger charge is -2.17. The van der Waals surface area contributed by atoms with Crippen LogP contribution in [0.4, 0.5) is 31.7 Å². The molecule has 33 heavy (non-hydrogen) atoms. The summed E-state index contributed by atoms with van der Waals surface area (Å²) in [5.74, 6) is -1.59. The van der Waals surface area contributed by atoms with Crippen LogP contribution in [0.25, 0.3) is 0 Å². The smallest absolute Gasteiger partial charge is 0.229 e. The van der Waals surface area contributed by atoms with Crippen LogP contribution in [0, 0.1) is 17.6 Å². The van der Waals surface area contributed by atoms with E-state index in [0.717, 1.165) is 24.6 Å². The van der Waals surface area contributed by atoms with Gasteiger partial charge in [-0.3, -0.25) is 9.59 Å². The number of benzene rings is 2. The van der Waals surface area contributed by atoms with E-state index in [1.807, 2.05) is 24.3 Å². The quantitative estimate of drug-likeness (QED) is 0.484. The number of aromatic nitrogens is 2. The number of anilines is 4. The van der Waals surface area contributed by atoms with Gasteiger partial charge in [-0.1, -0.05) is 12.1 Å². The molecule has 0 radical (unpaired) electrons. The number of hydrogen-bond donors (Lipinski definition) is 2. The molecule has 7 nitrogen and oxygen atoms in total. The maximum atomic E-state index is 14.0. The van der Waals surface area contributed by atoms with Crippen LogP contribution in [0.15, 0.2) is 48.5 Å². The van der Waals surface area contributed by atoms with Gasteiger partial charge in [-0.2, -0.15) is 0 Å². The van der Waals surface area contributed by atoms with Crippen molar-refractivity contribution in [1.29, 1.82) is 0 Å². The molecule has 0 saturated heterocycles. The van der Waals surface area contributed by atoms with Crippen molar-refractivity contribution in [3.8, 4) is 0 Å². The average molecular weight is 451 g/mol. The summed E-state index contributed by atoms with van der Waals surface area (Å²) in [5, 5.41) is 14.1. The van der Waals surface area contributed by atoms with Crippen molar-refractivity contribution in [2.75, 3.05) is 22.6 Å². The number of rotatable bonds is 8. The third-order valence-electron chi connectivity index (χ3n) is 5.41. The lowest BCUT2D eigenvalue weighted by Crippen LogP contribution is -2.27. The SMILES string of the molecule is CC(=O)c1nnc(Nc2ccc(N(C)C(=O)C3CC3)cc2)cc1NCc1cccc(F)c1F. The number of nitrogens with one attached hydrogen (secondary N) is 2. The highest BCUT2D eigenvalue weighted by Gasteiger charge is 2.32. The second-order valence-corrected chi connectivity index (χ2v) is 7.96. The molecule has 2 N–H and O–H groups in total. The number of carbonyl (C=O) groups is 2. The second-order valence-electron chi connectivity index (χ2n) is 7.96. The molecule has 9 heteroatoms. The predicted octanol–water partition coefficient (Wildman–Crippen LogP) is 4.69. The summed E-state index contributed by atoms with van der Waals surface area (Å²) < 4.78 is 27.4. The summed E-state index contributed by atoms with van der Waals surface area (Å²) in [7, 11) is 1.76. The summed E-state index contributed by atoms with van der Waals surface area (Å²) in [4.78, 5) is 25.8. The van der Waals surface area contributed by atoms with Crippen molar-refractivity contribution in [3.05, 3.63) is 71.4 Å². The minimum atomic E-state index is -0.944. The molecule has 0 unspecified atom stereocenters. The van der Waals surface area contributed by atoms with Crippen molar-refractivity contribution in [2.45, 2.75) is 26.3 Å². The maximum Gasteiger partial charge on any atom is 0.229 e. The van der Waals surface area contributed by atoms with E-state index in [1.54, 1.807) is 18.0 Å². The lowest BCUT2D eigenvalue weighted by atomic mass is 10.2. The minimum absolute atomic E-state index is 0.0366. The van der Waals surface area contributed by atoms with Crippen LogP contribution in [0.3, 0.4) is 0 Å². The number of ketones is 1. The lowest BCUT2D eigenvalue weighted by molar-refractivity contribution is -0.119. The first-order chi connectivity index (χ1) is 15.8. The first-order valence-corrected chi connectivity index (χ1v) is 10.5. The molecular weight excluding hydrogens is 428 g/mol. The van der Waals surface area contributed by atoms with Gasteiger partial charge in [0, 0.05) is 49.4 Å². The Morgan fingerprint density at radius 2 is 1.82 bits per heavy atom. The Hall–Kier alpha value is -3.88. The number of nitrogens with zero attached hydrogens (tertiary/aromatic N) is 3. The van der Waals surface area contributed by atoms with Gasteiger partial charge in [0.2, 0.25) is 5.91 Å². The first kappa shape index (κ1) is 22.3. The van der Waals surface area contributed by atoms with Crippen LogP contribution in [-0.2, 0) is 11.3 Å². The molecule has 1 aromatic heterocycles. The Morgan fingerprint density at radius 3 is 2.48 bits per heavy atom. The highest BCUT2D eigenvalue weighted by molar-refractivity contribution is 5.98. The van der Waals surface area contributed by atoms with Crippen molar-refractivity contribution in [2.24, 2.45) is 5.92 Å². The van der Waals surface area contributed by atoms with Crippen molar-refractivity contribution < 1.29 is 18.4 Å². The molecule has 2 aromatic carbocycles. The molecule has 170 valence electrons. The highest BCUT2D eigenvalue weighted by Crippen LogP contribution is 2.32. The molecule has 3 aromatic rings. The summed E-state index contributed by atoms with van der Waals surface area (Å²) in [6, 6.07) is 12.8. The van der Waals surface area contributed by atoms with E-state index in [4.69, 9.17) is 0 Å². The number of amides is 1. The minimum Gasteiger partial charge on any atom is -0.379 e. The Labute approximate surface area is 189 Å². The van der Waals surface area contributed by atoms with Crippen LogP contribution >= 0.6 is 0 Å². The zero-order chi connectivity index (χ0) is 23.5. The van der Waals surface area contributed by atoms with E-state index in [-0.39, 0.29) is 35.4 Å². The fourth-order valence-electron chi connectivity index (χ4n) is 3.37. The molecule has 4 rings (SSSR count). The molecule has 0 aliphatic heterocycles. The zero-order valence-corrected chi connectivity index (χ0v) is 18.2. The Bertz CT molecular complexity index is 1200. The third-order valence-corrected chi connectivity index (χ3v) is 5.41. The number of Topliss-reactive ketones (excluding diaryl/α,β-unsaturated/α-hetero) is 1. The molecular formula is C24H23F2N5O2. The topological polar surface area (TPSA) is 87.2 Å². The van der Waals surface area contributed by atoms with Gasteiger partial charge in [-0.15, -0.1) is 10.2 Å². The van der Waals surface area contributed by atoms with Crippen LogP contribution in [-0.4, -0.2) is 28.9 Å². The Morgan fingerprint density at radius 1 is 1.09 bits per heavy atom. The van der Waals surface area contributed by atoms with Gasteiger partial charge < -0.3 is 15.5 Å². The van der Waals surface area contributed by atoms with E-state index in [2.05, 4.69) is 20.8 Å². The molecule has 1 fully saturated rings. The molecule has 0 spiro atoms. The van der Waals surface area contributed by atoms with E-state index in [9.17, 15) is 18.4 Å². The summed E-state index contributed by atoms with van der Waals surface area (Å²) in [6.45, 7) is 1.31. The molecule has 0 atom stereocenters. The standard InChI is InChI=1S/C24H23F2N5O2/c1-14(32)23-20(27-13-16-4-3-5-19(25)22(16)26)12-21(29-30-23)28-17-8-10-18(11-9-17)31(2)24(33)15-6-7-15/h3-5,8-12,15H,6-7,13H2,1-2H3,(H2,27,28,29). The fourth-order valence-corrected chi connectivity index (χ4v) is 3.37. The van der Waals surface area contributed by atoms with Crippen molar-refractivity contribution in [3.63, 3.8) is 0 Å².